The molecule has 1 heterocycles. The SMILES string of the molecule is CCNCCNCc1c[nH]ccc1=O. The molecule has 1 rings (SSSR count). The molecule has 78 valence electrons. The second-order valence-electron chi connectivity index (χ2n) is 3.06. The minimum atomic E-state index is 0.0831. The van der Waals surface area contributed by atoms with Gasteiger partial charge >= 0.3 is 0 Å². The highest BCUT2D eigenvalue weighted by molar-refractivity contribution is 5.08. The van der Waals surface area contributed by atoms with Crippen LogP contribution in [0.1, 0.15) is 12.5 Å². The Morgan fingerprint density at radius 3 is 2.86 bits per heavy atom. The fourth-order valence-electron chi connectivity index (χ4n) is 1.17. The summed E-state index contributed by atoms with van der Waals surface area (Å²) < 4.78 is 0. The second-order valence-corrected chi connectivity index (χ2v) is 3.06. The normalized spacial score (nSPS) is 10.4. The maximum absolute atomic E-state index is 11.3. The molecule has 0 saturated carbocycles. The van der Waals surface area contributed by atoms with Gasteiger partial charge in [-0.15, -0.1) is 0 Å². The summed E-state index contributed by atoms with van der Waals surface area (Å²) in [6, 6.07) is 1.54. The zero-order valence-corrected chi connectivity index (χ0v) is 8.47. The molecule has 0 unspecified atom stereocenters. The summed E-state index contributed by atoms with van der Waals surface area (Å²) in [5.74, 6) is 0. The predicted molar refractivity (Wildman–Crippen MR) is 57.3 cm³/mol. The number of likely N-dealkylation sites (N-methyl/N-ethyl adjacent to an activating group) is 1. The highest BCUT2D eigenvalue weighted by Gasteiger charge is 1.95. The van der Waals surface area contributed by atoms with E-state index in [1.165, 1.54) is 0 Å². The van der Waals surface area contributed by atoms with Crippen LogP contribution in [0.4, 0.5) is 0 Å². The molecule has 0 saturated heterocycles. The molecular weight excluding hydrogens is 178 g/mol. The van der Waals surface area contributed by atoms with Gasteiger partial charge in [0.15, 0.2) is 5.43 Å². The molecule has 3 N–H and O–H groups in total. The number of H-pyrrole nitrogens is 1. The maximum Gasteiger partial charge on any atom is 0.186 e. The molecule has 0 spiro atoms. The summed E-state index contributed by atoms with van der Waals surface area (Å²) in [5.41, 5.74) is 0.865. The molecule has 0 radical (unpaired) electrons. The average molecular weight is 195 g/mol. The quantitative estimate of drug-likeness (QED) is 0.563. The Hall–Kier alpha value is -1.13. The standard InChI is InChI=1S/C10H17N3O/c1-2-11-5-6-13-8-9-7-12-4-3-10(9)14/h3-4,7,11,13H,2,5-6,8H2,1H3,(H,12,14). The van der Waals surface area contributed by atoms with Gasteiger partial charge in [-0.05, 0) is 6.54 Å². The number of rotatable bonds is 6. The first-order valence-electron chi connectivity index (χ1n) is 4.92. The van der Waals surface area contributed by atoms with E-state index in [0.29, 0.717) is 6.54 Å². The summed E-state index contributed by atoms with van der Waals surface area (Å²) in [5, 5.41) is 6.40. The third-order valence-electron chi connectivity index (χ3n) is 1.95. The average Bonchev–Trinajstić information content (AvgIpc) is 2.20. The first-order chi connectivity index (χ1) is 6.84. The van der Waals surface area contributed by atoms with Crippen molar-refractivity contribution in [2.75, 3.05) is 19.6 Å². The molecule has 0 aliphatic heterocycles. The molecule has 4 nitrogen and oxygen atoms in total. The van der Waals surface area contributed by atoms with E-state index in [4.69, 9.17) is 0 Å². The van der Waals surface area contributed by atoms with E-state index in [-0.39, 0.29) is 5.43 Å². The van der Waals surface area contributed by atoms with Crippen molar-refractivity contribution in [3.8, 4) is 0 Å². The van der Waals surface area contributed by atoms with Gasteiger partial charge in [0.05, 0.1) is 0 Å². The van der Waals surface area contributed by atoms with Crippen LogP contribution in [-0.4, -0.2) is 24.6 Å². The number of pyridine rings is 1. The molecule has 0 atom stereocenters. The van der Waals surface area contributed by atoms with E-state index < -0.39 is 0 Å². The van der Waals surface area contributed by atoms with Gasteiger partial charge in [0.2, 0.25) is 0 Å². The van der Waals surface area contributed by atoms with Gasteiger partial charge < -0.3 is 15.6 Å². The smallest absolute Gasteiger partial charge is 0.186 e. The van der Waals surface area contributed by atoms with E-state index in [0.717, 1.165) is 25.2 Å². The molecule has 0 aliphatic carbocycles. The monoisotopic (exact) mass is 195 g/mol. The zero-order valence-electron chi connectivity index (χ0n) is 8.47. The Kier molecular flexibility index (Phi) is 4.96. The first kappa shape index (κ1) is 10.9. The van der Waals surface area contributed by atoms with Crippen LogP contribution in [0.2, 0.25) is 0 Å². The Balaban J connectivity index is 2.25. The summed E-state index contributed by atoms with van der Waals surface area (Å²) in [6.45, 7) is 5.49. The highest BCUT2D eigenvalue weighted by Crippen LogP contribution is 1.85. The van der Waals surface area contributed by atoms with Gasteiger partial charge in [0.1, 0.15) is 0 Å². The van der Waals surface area contributed by atoms with Crippen molar-refractivity contribution in [1.82, 2.24) is 15.6 Å². The molecule has 0 bridgehead atoms. The fraction of sp³-hybridized carbons (Fsp3) is 0.500. The van der Waals surface area contributed by atoms with Gasteiger partial charge in [-0.3, -0.25) is 4.79 Å². The minimum Gasteiger partial charge on any atom is -0.367 e. The van der Waals surface area contributed by atoms with Crippen LogP contribution in [0.15, 0.2) is 23.3 Å². The number of aromatic amines is 1. The van der Waals surface area contributed by atoms with Crippen molar-refractivity contribution in [1.29, 1.82) is 0 Å². The third-order valence-corrected chi connectivity index (χ3v) is 1.95. The fourth-order valence-corrected chi connectivity index (χ4v) is 1.17. The molecule has 0 amide bonds. The van der Waals surface area contributed by atoms with Crippen molar-refractivity contribution in [3.05, 3.63) is 34.2 Å². The van der Waals surface area contributed by atoms with Crippen molar-refractivity contribution in [3.63, 3.8) is 0 Å². The van der Waals surface area contributed by atoms with Crippen molar-refractivity contribution in [2.24, 2.45) is 0 Å². The molecule has 1 aromatic rings. The Bertz CT molecular complexity index is 308. The lowest BCUT2D eigenvalue weighted by Crippen LogP contribution is -2.28. The Morgan fingerprint density at radius 1 is 1.36 bits per heavy atom. The van der Waals surface area contributed by atoms with Gasteiger partial charge in [0.25, 0.3) is 0 Å². The van der Waals surface area contributed by atoms with Crippen molar-refractivity contribution in [2.45, 2.75) is 13.5 Å². The third kappa shape index (κ3) is 3.72. The van der Waals surface area contributed by atoms with Crippen LogP contribution in [0.25, 0.3) is 0 Å². The number of hydrogen-bond acceptors (Lipinski definition) is 3. The zero-order chi connectivity index (χ0) is 10.2. The van der Waals surface area contributed by atoms with Crippen LogP contribution >= 0.6 is 0 Å². The van der Waals surface area contributed by atoms with E-state index in [1.807, 2.05) is 0 Å². The lowest BCUT2D eigenvalue weighted by molar-refractivity contribution is 0.623. The van der Waals surface area contributed by atoms with Gasteiger partial charge in [0, 0.05) is 43.7 Å². The van der Waals surface area contributed by atoms with Crippen molar-refractivity contribution < 1.29 is 0 Å². The maximum atomic E-state index is 11.3. The minimum absolute atomic E-state index is 0.0831. The largest absolute Gasteiger partial charge is 0.367 e. The van der Waals surface area contributed by atoms with E-state index in [9.17, 15) is 4.79 Å². The number of nitrogens with one attached hydrogen (secondary N) is 3. The summed E-state index contributed by atoms with van der Waals surface area (Å²) >= 11 is 0. The topological polar surface area (TPSA) is 56.9 Å². The first-order valence-corrected chi connectivity index (χ1v) is 4.92. The lowest BCUT2D eigenvalue weighted by Gasteiger charge is -2.04. The van der Waals surface area contributed by atoms with Gasteiger partial charge in [-0.2, -0.15) is 0 Å². The predicted octanol–water partition coefficient (Wildman–Crippen LogP) is 0.0740. The molecule has 0 aliphatic rings. The lowest BCUT2D eigenvalue weighted by atomic mass is 10.3. The summed E-state index contributed by atoms with van der Waals surface area (Å²) in [4.78, 5) is 14.2. The van der Waals surface area contributed by atoms with E-state index in [1.54, 1.807) is 18.5 Å². The molecule has 0 fully saturated rings. The molecule has 4 heteroatoms. The van der Waals surface area contributed by atoms with Gasteiger partial charge in [-0.25, -0.2) is 0 Å². The second kappa shape index (κ2) is 6.34. The summed E-state index contributed by atoms with van der Waals surface area (Å²) in [7, 11) is 0. The number of aromatic nitrogens is 1. The Morgan fingerprint density at radius 2 is 2.14 bits per heavy atom. The van der Waals surface area contributed by atoms with E-state index >= 15 is 0 Å². The summed E-state index contributed by atoms with van der Waals surface area (Å²) in [6.07, 6.45) is 3.38. The molecule has 0 aromatic carbocycles. The van der Waals surface area contributed by atoms with Crippen LogP contribution in [0, 0.1) is 0 Å². The van der Waals surface area contributed by atoms with Crippen LogP contribution < -0.4 is 16.1 Å². The molecule has 14 heavy (non-hydrogen) atoms. The Labute approximate surface area is 83.7 Å². The van der Waals surface area contributed by atoms with Crippen LogP contribution in [0.3, 0.4) is 0 Å². The molecule has 1 aromatic heterocycles. The van der Waals surface area contributed by atoms with Crippen LogP contribution in [-0.2, 0) is 6.54 Å². The highest BCUT2D eigenvalue weighted by atomic mass is 16.1. The molecular formula is C10H17N3O. The number of hydrogen-bond donors (Lipinski definition) is 3. The van der Waals surface area contributed by atoms with Gasteiger partial charge in [-0.1, -0.05) is 6.92 Å². The van der Waals surface area contributed by atoms with Crippen molar-refractivity contribution >= 4 is 0 Å². The van der Waals surface area contributed by atoms with Crippen LogP contribution in [0.5, 0.6) is 0 Å². The van der Waals surface area contributed by atoms with E-state index in [2.05, 4.69) is 22.5 Å².